The second-order valence-electron chi connectivity index (χ2n) is 5.22. The minimum atomic E-state index is -0.211. The van der Waals surface area contributed by atoms with Gasteiger partial charge in [0.1, 0.15) is 11.5 Å². The number of aromatic nitrogens is 1. The van der Waals surface area contributed by atoms with Crippen molar-refractivity contribution in [3.05, 3.63) is 22.8 Å². The Morgan fingerprint density at radius 1 is 1.33 bits per heavy atom. The maximum absolute atomic E-state index is 12.2. The van der Waals surface area contributed by atoms with Crippen LogP contribution in [0.3, 0.4) is 0 Å². The molecule has 0 bridgehead atoms. The summed E-state index contributed by atoms with van der Waals surface area (Å²) in [6.07, 6.45) is 3.83. The number of amides is 1. The minimum absolute atomic E-state index is 0.211. The van der Waals surface area contributed by atoms with E-state index in [-0.39, 0.29) is 11.6 Å². The first-order valence-electron chi connectivity index (χ1n) is 7.61. The van der Waals surface area contributed by atoms with Crippen LogP contribution in [0, 0.1) is 0 Å². The quantitative estimate of drug-likeness (QED) is 0.847. The van der Waals surface area contributed by atoms with Crippen molar-refractivity contribution in [2.24, 2.45) is 0 Å². The van der Waals surface area contributed by atoms with Gasteiger partial charge in [-0.3, -0.25) is 4.79 Å². The van der Waals surface area contributed by atoms with Crippen LogP contribution in [0.2, 0.25) is 5.02 Å². The van der Waals surface area contributed by atoms with Gasteiger partial charge in [0.2, 0.25) is 0 Å². The van der Waals surface area contributed by atoms with Crippen LogP contribution < -0.4 is 10.6 Å². The van der Waals surface area contributed by atoms with Crippen molar-refractivity contribution < 1.29 is 4.79 Å². The smallest absolute Gasteiger partial charge is 0.271 e. The molecule has 1 fully saturated rings. The number of hydrogen-bond acceptors (Lipinski definition) is 4. The van der Waals surface area contributed by atoms with E-state index in [0.717, 1.165) is 26.2 Å². The van der Waals surface area contributed by atoms with Gasteiger partial charge >= 0.3 is 0 Å². The number of rotatable bonds is 6. The van der Waals surface area contributed by atoms with Crippen LogP contribution in [0.15, 0.2) is 12.1 Å². The molecule has 0 atom stereocenters. The standard InChI is InChI=1S/C15H23ClN4O/c1-2-17-13-7-6-12(16)14(19-13)15(21)18-8-11-20-9-4-3-5-10-20/h6-7H,2-5,8-11H2,1H3,(H,17,19)(H,18,21). The number of nitrogens with zero attached hydrogens (tertiary/aromatic N) is 2. The summed E-state index contributed by atoms with van der Waals surface area (Å²) in [5.74, 6) is 0.458. The monoisotopic (exact) mass is 310 g/mol. The van der Waals surface area contributed by atoms with Gasteiger partial charge < -0.3 is 15.5 Å². The molecule has 1 aliphatic heterocycles. The van der Waals surface area contributed by atoms with Crippen LogP contribution in [0.1, 0.15) is 36.7 Å². The first-order valence-corrected chi connectivity index (χ1v) is 7.99. The van der Waals surface area contributed by atoms with Crippen molar-refractivity contribution in [3.63, 3.8) is 0 Å². The average Bonchev–Trinajstić information content (AvgIpc) is 2.50. The molecule has 2 rings (SSSR count). The Bertz CT molecular complexity index is 475. The third-order valence-electron chi connectivity index (χ3n) is 3.58. The summed E-state index contributed by atoms with van der Waals surface area (Å²) in [5, 5.41) is 6.36. The summed E-state index contributed by atoms with van der Waals surface area (Å²) in [4.78, 5) is 18.8. The van der Waals surface area contributed by atoms with E-state index in [2.05, 4.69) is 20.5 Å². The molecule has 1 aromatic heterocycles. The summed E-state index contributed by atoms with van der Waals surface area (Å²) in [6.45, 7) is 6.51. The number of nitrogens with one attached hydrogen (secondary N) is 2. The summed E-state index contributed by atoms with van der Waals surface area (Å²) in [7, 11) is 0. The van der Waals surface area contributed by atoms with Crippen molar-refractivity contribution in [1.82, 2.24) is 15.2 Å². The molecule has 0 radical (unpaired) electrons. The predicted octanol–water partition coefficient (Wildman–Crippen LogP) is 2.38. The second-order valence-corrected chi connectivity index (χ2v) is 5.62. The molecule has 6 heteroatoms. The summed E-state index contributed by atoms with van der Waals surface area (Å²) >= 11 is 6.06. The van der Waals surface area contributed by atoms with Crippen LogP contribution in [0.4, 0.5) is 5.82 Å². The van der Waals surface area contributed by atoms with Gasteiger partial charge in [0.15, 0.2) is 0 Å². The van der Waals surface area contributed by atoms with Crippen molar-refractivity contribution in [1.29, 1.82) is 0 Å². The second kappa shape index (κ2) is 8.20. The molecule has 1 aromatic rings. The zero-order chi connectivity index (χ0) is 15.1. The maximum Gasteiger partial charge on any atom is 0.271 e. The number of carbonyl (C=O) groups excluding carboxylic acids is 1. The van der Waals surface area contributed by atoms with Crippen LogP contribution in [-0.4, -0.2) is 48.5 Å². The van der Waals surface area contributed by atoms with Crippen molar-refractivity contribution in [3.8, 4) is 0 Å². The lowest BCUT2D eigenvalue weighted by molar-refractivity contribution is 0.0942. The number of likely N-dealkylation sites (tertiary alicyclic amines) is 1. The van der Waals surface area contributed by atoms with E-state index < -0.39 is 0 Å². The first kappa shape index (κ1) is 16.0. The minimum Gasteiger partial charge on any atom is -0.370 e. The van der Waals surface area contributed by atoms with Crippen LogP contribution in [0.5, 0.6) is 0 Å². The van der Waals surface area contributed by atoms with Crippen LogP contribution >= 0.6 is 11.6 Å². The molecule has 0 saturated carbocycles. The molecule has 21 heavy (non-hydrogen) atoms. The van der Waals surface area contributed by atoms with Crippen molar-refractivity contribution in [2.75, 3.05) is 38.0 Å². The van der Waals surface area contributed by atoms with Crippen LogP contribution in [0.25, 0.3) is 0 Å². The third-order valence-corrected chi connectivity index (χ3v) is 3.89. The summed E-state index contributed by atoms with van der Waals surface area (Å²) in [6, 6.07) is 3.47. The highest BCUT2D eigenvalue weighted by Crippen LogP contribution is 2.16. The molecular formula is C15H23ClN4O. The molecule has 0 unspecified atom stereocenters. The first-order chi connectivity index (χ1) is 10.2. The van der Waals surface area contributed by atoms with E-state index in [0.29, 0.717) is 17.4 Å². The summed E-state index contributed by atoms with van der Waals surface area (Å²) < 4.78 is 0. The Kier molecular flexibility index (Phi) is 6.26. The highest BCUT2D eigenvalue weighted by Gasteiger charge is 2.14. The van der Waals surface area contributed by atoms with E-state index >= 15 is 0 Å². The molecule has 1 aliphatic rings. The highest BCUT2D eigenvalue weighted by atomic mass is 35.5. The number of halogens is 1. The van der Waals surface area contributed by atoms with Crippen molar-refractivity contribution in [2.45, 2.75) is 26.2 Å². The molecule has 2 N–H and O–H groups in total. The van der Waals surface area contributed by atoms with Crippen molar-refractivity contribution >= 4 is 23.3 Å². The number of pyridine rings is 1. The fraction of sp³-hybridized carbons (Fsp3) is 0.600. The van der Waals surface area contributed by atoms with E-state index in [9.17, 15) is 4.79 Å². The van der Waals surface area contributed by atoms with E-state index in [1.54, 1.807) is 12.1 Å². The molecule has 5 nitrogen and oxygen atoms in total. The predicted molar refractivity (Wildman–Crippen MR) is 86.0 cm³/mol. The highest BCUT2D eigenvalue weighted by molar-refractivity contribution is 6.33. The Morgan fingerprint density at radius 3 is 2.81 bits per heavy atom. The summed E-state index contributed by atoms with van der Waals surface area (Å²) in [5.41, 5.74) is 0.286. The Morgan fingerprint density at radius 2 is 2.10 bits per heavy atom. The van der Waals surface area contributed by atoms with Crippen LogP contribution in [-0.2, 0) is 0 Å². The number of hydrogen-bond donors (Lipinski definition) is 2. The molecule has 1 amide bonds. The zero-order valence-electron chi connectivity index (χ0n) is 12.5. The van der Waals surface area contributed by atoms with Gasteiger partial charge in [0, 0.05) is 19.6 Å². The molecule has 116 valence electrons. The maximum atomic E-state index is 12.2. The van der Waals surface area contributed by atoms with Gasteiger partial charge in [-0.05, 0) is 45.0 Å². The fourth-order valence-corrected chi connectivity index (χ4v) is 2.67. The SMILES string of the molecule is CCNc1ccc(Cl)c(C(=O)NCCN2CCCCC2)n1. The largest absolute Gasteiger partial charge is 0.370 e. The zero-order valence-corrected chi connectivity index (χ0v) is 13.2. The van der Waals surface area contributed by atoms with Gasteiger partial charge in [-0.1, -0.05) is 18.0 Å². The Labute approximate surface area is 131 Å². The van der Waals surface area contributed by atoms with Gasteiger partial charge in [-0.15, -0.1) is 0 Å². The molecule has 0 aliphatic carbocycles. The van der Waals surface area contributed by atoms with Gasteiger partial charge in [-0.2, -0.15) is 0 Å². The molecule has 1 saturated heterocycles. The number of anilines is 1. The van der Waals surface area contributed by atoms with Gasteiger partial charge in [0.05, 0.1) is 5.02 Å². The van der Waals surface area contributed by atoms with E-state index in [4.69, 9.17) is 11.6 Å². The normalized spacial score (nSPS) is 15.7. The lowest BCUT2D eigenvalue weighted by Gasteiger charge is -2.26. The average molecular weight is 311 g/mol. The fourth-order valence-electron chi connectivity index (χ4n) is 2.48. The molecule has 0 aromatic carbocycles. The molecule has 2 heterocycles. The third kappa shape index (κ3) is 4.86. The number of carbonyl (C=O) groups is 1. The van der Waals surface area contributed by atoms with E-state index in [1.165, 1.54) is 19.3 Å². The van der Waals surface area contributed by atoms with E-state index in [1.807, 2.05) is 6.92 Å². The van der Waals surface area contributed by atoms with Gasteiger partial charge in [0.25, 0.3) is 5.91 Å². The Hall–Kier alpha value is -1.33. The topological polar surface area (TPSA) is 57.3 Å². The lowest BCUT2D eigenvalue weighted by atomic mass is 10.1. The lowest BCUT2D eigenvalue weighted by Crippen LogP contribution is -2.38. The molecular weight excluding hydrogens is 288 g/mol. The number of piperidine rings is 1. The molecule has 0 spiro atoms. The van der Waals surface area contributed by atoms with Gasteiger partial charge in [-0.25, -0.2) is 4.98 Å². The Balaban J connectivity index is 1.85.